The van der Waals surface area contributed by atoms with Crippen molar-refractivity contribution in [1.82, 2.24) is 5.32 Å². The van der Waals surface area contributed by atoms with Gasteiger partial charge in [-0.05, 0) is 19.3 Å². The monoisotopic (exact) mass is 183 g/mol. The third-order valence-corrected chi connectivity index (χ3v) is 4.03. The van der Waals surface area contributed by atoms with Gasteiger partial charge in [0.15, 0.2) is 0 Å². The zero-order chi connectivity index (χ0) is 8.39. The van der Waals surface area contributed by atoms with Crippen molar-refractivity contribution in [2.24, 2.45) is 0 Å². The molecule has 1 N–H and O–H groups in total. The Morgan fingerprint density at radius 2 is 2.00 bits per heavy atom. The van der Waals surface area contributed by atoms with E-state index in [1.807, 2.05) is 0 Å². The maximum atomic E-state index is 3.72. The fourth-order valence-electron chi connectivity index (χ4n) is 2.02. The van der Waals surface area contributed by atoms with Gasteiger partial charge in [0, 0.05) is 23.1 Å². The number of hydrogen-bond acceptors (Lipinski definition) is 2. The summed E-state index contributed by atoms with van der Waals surface area (Å²) >= 11 is 2.11. The maximum Gasteiger partial charge on any atom is 0.0171 e. The molecule has 68 valence electrons. The summed E-state index contributed by atoms with van der Waals surface area (Å²) in [4.78, 5) is 0. The van der Waals surface area contributed by atoms with Crippen molar-refractivity contribution in [3.63, 3.8) is 0 Å². The van der Waals surface area contributed by atoms with Crippen molar-refractivity contribution in [3.8, 4) is 0 Å². The molecule has 0 amide bonds. The van der Waals surface area contributed by atoms with Crippen molar-refractivity contribution in [2.45, 2.75) is 43.5 Å². The van der Waals surface area contributed by atoms with Gasteiger partial charge in [-0.2, -0.15) is 11.8 Å². The van der Waals surface area contributed by atoms with Crippen LogP contribution in [0.1, 0.15) is 26.2 Å². The van der Waals surface area contributed by atoms with Crippen LogP contribution in [0.25, 0.3) is 0 Å². The molecule has 1 heterocycles. The summed E-state index contributed by atoms with van der Waals surface area (Å²) in [5.41, 5.74) is 0. The average Bonchev–Trinajstić information content (AvgIpc) is 2.63. The Labute approximate surface area is 79.0 Å². The molecular formula is C10H17NS. The molecule has 12 heavy (non-hydrogen) atoms. The first-order valence-electron chi connectivity index (χ1n) is 4.87. The molecule has 0 aromatic heterocycles. The molecule has 0 aromatic rings. The third-order valence-electron chi connectivity index (χ3n) is 2.68. The Morgan fingerprint density at radius 1 is 1.25 bits per heavy atom. The van der Waals surface area contributed by atoms with Gasteiger partial charge in [-0.15, -0.1) is 0 Å². The van der Waals surface area contributed by atoms with Crippen molar-refractivity contribution >= 4 is 11.8 Å². The predicted molar refractivity (Wildman–Crippen MR) is 55.6 cm³/mol. The first-order valence-corrected chi connectivity index (χ1v) is 5.92. The summed E-state index contributed by atoms with van der Waals surface area (Å²) in [6.45, 7) is 2.33. The van der Waals surface area contributed by atoms with Crippen LogP contribution in [0.5, 0.6) is 0 Å². The van der Waals surface area contributed by atoms with Gasteiger partial charge in [0.05, 0.1) is 0 Å². The van der Waals surface area contributed by atoms with Crippen molar-refractivity contribution in [1.29, 1.82) is 0 Å². The van der Waals surface area contributed by atoms with Gasteiger partial charge >= 0.3 is 0 Å². The fraction of sp³-hybridized carbons (Fsp3) is 0.800. The average molecular weight is 183 g/mol. The Bertz CT molecular complexity index is 171. The lowest BCUT2D eigenvalue weighted by Gasteiger charge is -2.17. The highest BCUT2D eigenvalue weighted by atomic mass is 32.2. The topological polar surface area (TPSA) is 12.0 Å². The minimum atomic E-state index is 0.751. The highest BCUT2D eigenvalue weighted by Gasteiger charge is 2.24. The summed E-state index contributed by atoms with van der Waals surface area (Å²) in [5.74, 6) is 1.32. The number of rotatable bonds is 2. The van der Waals surface area contributed by atoms with Gasteiger partial charge in [-0.1, -0.05) is 19.1 Å². The molecule has 2 atom stereocenters. The molecule has 1 aliphatic heterocycles. The second kappa shape index (κ2) is 3.84. The van der Waals surface area contributed by atoms with E-state index in [1.165, 1.54) is 25.0 Å². The van der Waals surface area contributed by atoms with E-state index in [-0.39, 0.29) is 0 Å². The van der Waals surface area contributed by atoms with E-state index in [0.29, 0.717) is 0 Å². The molecule has 2 rings (SSSR count). The zero-order valence-electron chi connectivity index (χ0n) is 7.62. The standard InChI is InChI=1S/C10H17NS/c1-8-6-10(7-12-8)11-9-4-2-3-5-9/h2-3,8-11H,4-7H2,1H3. The second-order valence-electron chi connectivity index (χ2n) is 3.88. The van der Waals surface area contributed by atoms with E-state index in [2.05, 4.69) is 36.2 Å². The van der Waals surface area contributed by atoms with Gasteiger partial charge in [-0.25, -0.2) is 0 Å². The van der Waals surface area contributed by atoms with Crippen molar-refractivity contribution in [3.05, 3.63) is 12.2 Å². The van der Waals surface area contributed by atoms with E-state index in [9.17, 15) is 0 Å². The van der Waals surface area contributed by atoms with E-state index in [0.717, 1.165) is 17.3 Å². The molecule has 2 unspecified atom stereocenters. The third kappa shape index (κ3) is 2.05. The van der Waals surface area contributed by atoms with E-state index in [1.54, 1.807) is 0 Å². The van der Waals surface area contributed by atoms with E-state index in [4.69, 9.17) is 0 Å². The molecular weight excluding hydrogens is 166 g/mol. The Balaban J connectivity index is 1.73. The summed E-state index contributed by atoms with van der Waals surface area (Å²) < 4.78 is 0. The molecule has 1 saturated heterocycles. The molecule has 2 heteroatoms. The summed E-state index contributed by atoms with van der Waals surface area (Å²) in [7, 11) is 0. The molecule has 1 nitrogen and oxygen atoms in total. The minimum absolute atomic E-state index is 0.751. The first kappa shape index (κ1) is 8.64. The van der Waals surface area contributed by atoms with Gasteiger partial charge in [0.25, 0.3) is 0 Å². The fourth-order valence-corrected chi connectivity index (χ4v) is 3.18. The minimum Gasteiger partial charge on any atom is -0.310 e. The normalized spacial score (nSPS) is 36.4. The number of hydrogen-bond donors (Lipinski definition) is 1. The highest BCUT2D eigenvalue weighted by Crippen LogP contribution is 2.27. The van der Waals surface area contributed by atoms with Crippen LogP contribution in [-0.4, -0.2) is 23.1 Å². The number of nitrogens with one attached hydrogen (secondary N) is 1. The molecule has 0 aromatic carbocycles. The largest absolute Gasteiger partial charge is 0.310 e. The van der Waals surface area contributed by atoms with Crippen LogP contribution < -0.4 is 5.32 Å². The molecule has 0 saturated carbocycles. The Kier molecular flexibility index (Phi) is 2.76. The first-order chi connectivity index (χ1) is 5.84. The number of thioether (sulfide) groups is 1. The second-order valence-corrected chi connectivity index (χ2v) is 5.35. The molecule has 0 radical (unpaired) electrons. The van der Waals surface area contributed by atoms with Crippen LogP contribution >= 0.6 is 11.8 Å². The summed E-state index contributed by atoms with van der Waals surface area (Å²) in [5, 5.41) is 4.60. The van der Waals surface area contributed by atoms with Crippen LogP contribution in [0.15, 0.2) is 12.2 Å². The van der Waals surface area contributed by atoms with Gasteiger partial charge in [0.2, 0.25) is 0 Å². The molecule has 0 spiro atoms. The Hall–Kier alpha value is 0.0500. The van der Waals surface area contributed by atoms with Crippen molar-refractivity contribution < 1.29 is 0 Å². The SMILES string of the molecule is CC1CC(NC2CC=CC2)CS1. The maximum absolute atomic E-state index is 3.72. The molecule has 0 bridgehead atoms. The van der Waals surface area contributed by atoms with Gasteiger partial charge < -0.3 is 5.32 Å². The smallest absolute Gasteiger partial charge is 0.0171 e. The van der Waals surface area contributed by atoms with Crippen molar-refractivity contribution in [2.75, 3.05) is 5.75 Å². The molecule has 1 fully saturated rings. The van der Waals surface area contributed by atoms with E-state index < -0.39 is 0 Å². The predicted octanol–water partition coefficient (Wildman–Crippen LogP) is 2.19. The van der Waals surface area contributed by atoms with Crippen LogP contribution in [0, 0.1) is 0 Å². The van der Waals surface area contributed by atoms with Gasteiger partial charge in [0.1, 0.15) is 0 Å². The Morgan fingerprint density at radius 3 is 2.58 bits per heavy atom. The highest BCUT2D eigenvalue weighted by molar-refractivity contribution is 8.00. The van der Waals surface area contributed by atoms with Crippen LogP contribution in [0.3, 0.4) is 0 Å². The van der Waals surface area contributed by atoms with Crippen LogP contribution in [0.4, 0.5) is 0 Å². The molecule has 1 aliphatic carbocycles. The lowest BCUT2D eigenvalue weighted by molar-refractivity contribution is 0.455. The quantitative estimate of drug-likeness (QED) is 0.659. The van der Waals surface area contributed by atoms with Gasteiger partial charge in [-0.3, -0.25) is 0 Å². The summed E-state index contributed by atoms with van der Waals surface area (Å²) in [6, 6.07) is 1.54. The van der Waals surface area contributed by atoms with Crippen LogP contribution in [0.2, 0.25) is 0 Å². The van der Waals surface area contributed by atoms with E-state index >= 15 is 0 Å². The lowest BCUT2D eigenvalue weighted by atomic mass is 10.1. The lowest BCUT2D eigenvalue weighted by Crippen LogP contribution is -2.36. The zero-order valence-corrected chi connectivity index (χ0v) is 8.44. The summed E-state index contributed by atoms with van der Waals surface area (Å²) in [6.07, 6.45) is 8.44. The van der Waals surface area contributed by atoms with Crippen LogP contribution in [-0.2, 0) is 0 Å². The molecule has 2 aliphatic rings.